The molecular formula is C19H20FNO4. The van der Waals surface area contributed by atoms with Gasteiger partial charge in [-0.15, -0.1) is 0 Å². The molecule has 6 heteroatoms. The highest BCUT2D eigenvalue weighted by Gasteiger charge is 2.39. The molecule has 2 atom stereocenters. The Morgan fingerprint density at radius 1 is 1.20 bits per heavy atom. The van der Waals surface area contributed by atoms with Crippen molar-refractivity contribution in [3.05, 3.63) is 53.7 Å². The largest absolute Gasteiger partial charge is 0.486 e. The van der Waals surface area contributed by atoms with Crippen LogP contribution in [0.4, 0.5) is 4.39 Å². The Balaban J connectivity index is 1.40. The van der Waals surface area contributed by atoms with Gasteiger partial charge in [-0.1, -0.05) is 0 Å². The van der Waals surface area contributed by atoms with E-state index in [1.165, 1.54) is 12.1 Å². The number of benzene rings is 1. The number of nitrogens with zero attached hydrogens (tertiary/aromatic N) is 1. The standard InChI is InChI=1S/C19H20FNO4/c20-13-4-6-14(7-5-13)24-12-15-8-9-18(25-15)19(22)21-10-11-23-17-3-1-2-16(17)21/h4-9,16-17H,1-3,10-12H2/t16-,17-/m1/s1. The van der Waals surface area contributed by atoms with Gasteiger partial charge < -0.3 is 18.8 Å². The van der Waals surface area contributed by atoms with Crippen LogP contribution in [0.1, 0.15) is 35.6 Å². The van der Waals surface area contributed by atoms with Crippen LogP contribution in [-0.2, 0) is 11.3 Å². The van der Waals surface area contributed by atoms with Crippen molar-refractivity contribution in [3.8, 4) is 5.75 Å². The Labute approximate surface area is 145 Å². The van der Waals surface area contributed by atoms with E-state index in [9.17, 15) is 9.18 Å². The van der Waals surface area contributed by atoms with Crippen LogP contribution in [0.3, 0.4) is 0 Å². The van der Waals surface area contributed by atoms with E-state index in [0.717, 1.165) is 19.3 Å². The highest BCUT2D eigenvalue weighted by Crippen LogP contribution is 2.31. The minimum atomic E-state index is -0.311. The number of amides is 1. The van der Waals surface area contributed by atoms with Gasteiger partial charge >= 0.3 is 0 Å². The molecule has 1 saturated heterocycles. The quantitative estimate of drug-likeness (QED) is 0.852. The molecule has 1 aliphatic heterocycles. The maximum absolute atomic E-state index is 12.9. The summed E-state index contributed by atoms with van der Waals surface area (Å²) < 4.78 is 29.8. The van der Waals surface area contributed by atoms with E-state index in [1.54, 1.807) is 24.3 Å². The predicted molar refractivity (Wildman–Crippen MR) is 87.9 cm³/mol. The topological polar surface area (TPSA) is 51.9 Å². The highest BCUT2D eigenvalue weighted by molar-refractivity contribution is 5.92. The van der Waals surface area contributed by atoms with Gasteiger partial charge in [0.25, 0.3) is 5.91 Å². The molecule has 25 heavy (non-hydrogen) atoms. The molecule has 132 valence electrons. The zero-order valence-electron chi connectivity index (χ0n) is 13.8. The van der Waals surface area contributed by atoms with Crippen molar-refractivity contribution < 1.29 is 23.1 Å². The molecule has 1 amide bonds. The molecule has 0 N–H and O–H groups in total. The number of rotatable bonds is 4. The van der Waals surface area contributed by atoms with E-state index >= 15 is 0 Å². The lowest BCUT2D eigenvalue weighted by atomic mass is 10.1. The molecule has 0 spiro atoms. The first-order valence-corrected chi connectivity index (χ1v) is 8.60. The molecule has 0 bridgehead atoms. The average Bonchev–Trinajstić information content (AvgIpc) is 3.29. The second kappa shape index (κ2) is 6.88. The number of carbonyl (C=O) groups is 1. The number of carbonyl (C=O) groups excluding carboxylic acids is 1. The first kappa shape index (κ1) is 16.1. The lowest BCUT2D eigenvalue weighted by molar-refractivity contribution is -0.0454. The van der Waals surface area contributed by atoms with E-state index in [0.29, 0.717) is 30.4 Å². The summed E-state index contributed by atoms with van der Waals surface area (Å²) in [4.78, 5) is 14.6. The summed E-state index contributed by atoms with van der Waals surface area (Å²) in [6, 6.07) is 9.36. The van der Waals surface area contributed by atoms with Gasteiger partial charge in [0.05, 0.1) is 18.8 Å². The third-order valence-corrected chi connectivity index (χ3v) is 4.81. The predicted octanol–water partition coefficient (Wildman–Crippen LogP) is 3.39. The van der Waals surface area contributed by atoms with Crippen molar-refractivity contribution in [2.45, 2.75) is 38.0 Å². The molecule has 2 aromatic rings. The van der Waals surface area contributed by atoms with Crippen molar-refractivity contribution in [1.82, 2.24) is 4.90 Å². The van der Waals surface area contributed by atoms with Crippen LogP contribution in [0.15, 0.2) is 40.8 Å². The molecule has 1 aromatic heterocycles. The van der Waals surface area contributed by atoms with Gasteiger partial charge in [-0.2, -0.15) is 0 Å². The van der Waals surface area contributed by atoms with Crippen LogP contribution in [0.2, 0.25) is 0 Å². The van der Waals surface area contributed by atoms with Crippen molar-refractivity contribution in [2.24, 2.45) is 0 Å². The Morgan fingerprint density at radius 3 is 2.88 bits per heavy atom. The molecule has 1 aromatic carbocycles. The fraction of sp³-hybridized carbons (Fsp3) is 0.421. The Kier molecular flexibility index (Phi) is 4.44. The molecule has 2 aliphatic rings. The Morgan fingerprint density at radius 2 is 2.04 bits per heavy atom. The number of hydrogen-bond donors (Lipinski definition) is 0. The molecule has 0 radical (unpaired) electrons. The molecule has 2 fully saturated rings. The first-order valence-electron chi connectivity index (χ1n) is 8.60. The number of furan rings is 1. The van der Waals surface area contributed by atoms with E-state index in [4.69, 9.17) is 13.9 Å². The van der Waals surface area contributed by atoms with Crippen LogP contribution >= 0.6 is 0 Å². The number of fused-ring (bicyclic) bond motifs is 1. The molecule has 1 aliphatic carbocycles. The average molecular weight is 345 g/mol. The number of ether oxygens (including phenoxy) is 2. The minimum Gasteiger partial charge on any atom is -0.486 e. The summed E-state index contributed by atoms with van der Waals surface area (Å²) >= 11 is 0. The minimum absolute atomic E-state index is 0.0896. The SMILES string of the molecule is O=C(c1ccc(COc2ccc(F)cc2)o1)N1CCO[C@@H]2CCC[C@H]21. The van der Waals surface area contributed by atoms with Crippen LogP contribution in [0.5, 0.6) is 5.75 Å². The summed E-state index contributed by atoms with van der Waals surface area (Å²) in [5, 5.41) is 0. The molecule has 2 heterocycles. The zero-order valence-corrected chi connectivity index (χ0v) is 13.8. The molecular weight excluding hydrogens is 325 g/mol. The van der Waals surface area contributed by atoms with Crippen LogP contribution < -0.4 is 4.74 Å². The molecule has 1 saturated carbocycles. The maximum atomic E-state index is 12.9. The smallest absolute Gasteiger partial charge is 0.289 e. The molecule has 0 unspecified atom stereocenters. The zero-order chi connectivity index (χ0) is 17.2. The van der Waals surface area contributed by atoms with Crippen molar-refractivity contribution in [3.63, 3.8) is 0 Å². The van der Waals surface area contributed by atoms with E-state index in [1.807, 2.05) is 4.90 Å². The summed E-state index contributed by atoms with van der Waals surface area (Å²) in [5.74, 6) is 1.03. The van der Waals surface area contributed by atoms with Gasteiger partial charge in [0.1, 0.15) is 23.9 Å². The monoisotopic (exact) mass is 345 g/mol. The first-order chi connectivity index (χ1) is 12.2. The fourth-order valence-corrected chi connectivity index (χ4v) is 3.58. The summed E-state index contributed by atoms with van der Waals surface area (Å²) in [5.41, 5.74) is 0. The van der Waals surface area contributed by atoms with E-state index in [-0.39, 0.29) is 30.5 Å². The number of halogens is 1. The third-order valence-electron chi connectivity index (χ3n) is 4.81. The van der Waals surface area contributed by atoms with Crippen molar-refractivity contribution >= 4 is 5.91 Å². The Hall–Kier alpha value is -2.34. The summed E-state index contributed by atoms with van der Waals surface area (Å²) in [6.45, 7) is 1.37. The van der Waals surface area contributed by atoms with Gasteiger partial charge in [0, 0.05) is 6.54 Å². The van der Waals surface area contributed by atoms with Crippen LogP contribution in [0, 0.1) is 5.82 Å². The number of morpholine rings is 1. The number of hydrogen-bond acceptors (Lipinski definition) is 4. The van der Waals surface area contributed by atoms with Crippen LogP contribution in [0.25, 0.3) is 0 Å². The van der Waals surface area contributed by atoms with E-state index in [2.05, 4.69) is 0 Å². The summed E-state index contributed by atoms with van der Waals surface area (Å²) in [6.07, 6.45) is 3.25. The highest BCUT2D eigenvalue weighted by atomic mass is 19.1. The van der Waals surface area contributed by atoms with Gasteiger partial charge in [-0.3, -0.25) is 4.79 Å². The second-order valence-corrected chi connectivity index (χ2v) is 6.41. The van der Waals surface area contributed by atoms with Gasteiger partial charge in [0.2, 0.25) is 0 Å². The van der Waals surface area contributed by atoms with Crippen molar-refractivity contribution in [1.29, 1.82) is 0 Å². The fourth-order valence-electron chi connectivity index (χ4n) is 3.58. The normalized spacial score (nSPS) is 22.7. The summed E-state index contributed by atoms with van der Waals surface area (Å²) in [7, 11) is 0. The molecule has 5 nitrogen and oxygen atoms in total. The Bertz CT molecular complexity index is 742. The second-order valence-electron chi connectivity index (χ2n) is 6.41. The lowest BCUT2D eigenvalue weighted by Crippen LogP contribution is -2.51. The van der Waals surface area contributed by atoms with Crippen molar-refractivity contribution in [2.75, 3.05) is 13.2 Å². The van der Waals surface area contributed by atoms with E-state index < -0.39 is 0 Å². The van der Waals surface area contributed by atoms with Crippen LogP contribution in [-0.4, -0.2) is 36.1 Å². The maximum Gasteiger partial charge on any atom is 0.289 e. The van der Waals surface area contributed by atoms with Gasteiger partial charge in [0.15, 0.2) is 5.76 Å². The van der Waals surface area contributed by atoms with Gasteiger partial charge in [-0.05, 0) is 55.7 Å². The van der Waals surface area contributed by atoms with Gasteiger partial charge in [-0.25, -0.2) is 4.39 Å². The molecule has 4 rings (SSSR count). The third kappa shape index (κ3) is 3.39. The lowest BCUT2D eigenvalue weighted by Gasteiger charge is -2.37.